The van der Waals surface area contributed by atoms with E-state index in [0.717, 1.165) is 0 Å². The molecule has 0 spiro atoms. The minimum absolute atomic E-state index is 0.584. The number of hydrogen-bond acceptors (Lipinski definition) is 3. The Hall–Kier alpha value is -0.991. The number of carbonyl (C=O) groups excluding carboxylic acids is 3. The summed E-state index contributed by atoms with van der Waals surface area (Å²) in [7, 11) is 0. The van der Waals surface area contributed by atoms with Gasteiger partial charge in [0.15, 0.2) is 0 Å². The van der Waals surface area contributed by atoms with E-state index in [2.05, 4.69) is 36.4 Å². The second-order valence-corrected chi connectivity index (χ2v) is 5.41. The Labute approximate surface area is 129 Å². The molecule has 3 nitrogen and oxygen atoms in total. The quantitative estimate of drug-likeness (QED) is 0.646. The van der Waals surface area contributed by atoms with E-state index in [9.17, 15) is 0 Å². The molecule has 0 amide bonds. The van der Waals surface area contributed by atoms with Gasteiger partial charge in [-0.3, -0.25) is 14.4 Å². The number of allylic oxidation sites excluding steroid dienone is 4. The van der Waals surface area contributed by atoms with Crippen LogP contribution < -0.4 is 0 Å². The van der Waals surface area contributed by atoms with Gasteiger partial charge in [0.25, 0.3) is 20.4 Å². The van der Waals surface area contributed by atoms with E-state index in [-0.39, 0.29) is 0 Å². The van der Waals surface area contributed by atoms with Gasteiger partial charge in [-0.25, -0.2) is 0 Å². The molecule has 4 heteroatoms. The van der Waals surface area contributed by atoms with Crippen molar-refractivity contribution in [2.75, 3.05) is 0 Å². The van der Waals surface area contributed by atoms with Gasteiger partial charge in [-0.15, -0.1) is 0 Å². The molecule has 0 aromatic heterocycles. The Morgan fingerprint density at radius 2 is 0.950 bits per heavy atom. The Bertz CT molecular complexity index is 337. The van der Waals surface area contributed by atoms with Crippen molar-refractivity contribution in [3.63, 3.8) is 0 Å². The second-order valence-electron chi connectivity index (χ2n) is 4.77. The van der Waals surface area contributed by atoms with Crippen molar-refractivity contribution in [1.29, 1.82) is 0 Å². The summed E-state index contributed by atoms with van der Waals surface area (Å²) in [6, 6.07) is 0. The van der Waals surface area contributed by atoms with Crippen LogP contribution in [-0.4, -0.2) is 20.4 Å². The molecular weight excluding hydrogens is 296 g/mol. The van der Waals surface area contributed by atoms with Crippen LogP contribution in [0.2, 0.25) is 4.82 Å². The van der Waals surface area contributed by atoms with E-state index in [1.54, 1.807) is 22.3 Å². The summed E-state index contributed by atoms with van der Waals surface area (Å²) in [5.74, 6) is 0. The van der Waals surface area contributed by atoms with Crippen LogP contribution in [0.1, 0.15) is 51.4 Å². The van der Waals surface area contributed by atoms with Crippen molar-refractivity contribution < 1.29 is 30.4 Å². The second kappa shape index (κ2) is 10.8. The van der Waals surface area contributed by atoms with Crippen LogP contribution in [0.4, 0.5) is 0 Å². The van der Waals surface area contributed by atoms with Crippen LogP contribution in [0.25, 0.3) is 0 Å². The molecule has 0 aromatic carbocycles. The molecule has 0 unspecified atom stereocenters. The van der Waals surface area contributed by atoms with Gasteiger partial charge >= 0.3 is 94.5 Å². The monoisotopic (exact) mass is 313 g/mol. The number of fused-ring (bicyclic) bond motifs is 1. The van der Waals surface area contributed by atoms with Crippen LogP contribution in [0.15, 0.2) is 22.3 Å². The van der Waals surface area contributed by atoms with Gasteiger partial charge in [0.2, 0.25) is 0 Å². The van der Waals surface area contributed by atoms with Crippen LogP contribution in [0.5, 0.6) is 0 Å². The summed E-state index contributed by atoms with van der Waals surface area (Å²) < 4.78 is 0. The Balaban J connectivity index is 0.000000538. The molecule has 3 aliphatic rings. The zero-order valence-corrected chi connectivity index (χ0v) is 12.4. The summed E-state index contributed by atoms with van der Waals surface area (Å²) in [5.41, 5.74) is 6.96. The molecule has 0 atom stereocenters. The predicted molar refractivity (Wildman–Crippen MR) is 71.8 cm³/mol. The van der Waals surface area contributed by atoms with Gasteiger partial charge in [-0.2, -0.15) is 0 Å². The topological polar surface area (TPSA) is 51.2 Å². The summed E-state index contributed by atoms with van der Waals surface area (Å²) >= 11 is 4.39. The fraction of sp³-hybridized carbons (Fsp3) is 0.562. The molecule has 0 N–H and O–H groups in total. The standard InChI is InChI=1S/C13H17.3CO.Fe/c1-3-7-12-10(5-1)9-11-6-2-4-8-13(11)12;3*1-2;/h9H,1-8H2;;;;. The number of rotatable bonds is 0. The maximum absolute atomic E-state index is 7.50. The molecule has 3 rings (SSSR count). The predicted octanol–water partition coefficient (Wildman–Crippen LogP) is 2.89. The Kier molecular flexibility index (Phi) is 10.2. The van der Waals surface area contributed by atoms with Gasteiger partial charge in [-0.05, 0) is 0 Å². The van der Waals surface area contributed by atoms with Crippen molar-refractivity contribution in [3.05, 3.63) is 22.3 Å². The molecule has 20 heavy (non-hydrogen) atoms. The van der Waals surface area contributed by atoms with Crippen LogP contribution in [0, 0.1) is 0 Å². The van der Waals surface area contributed by atoms with Crippen molar-refractivity contribution >= 4 is 20.4 Å². The first-order valence-corrected chi connectivity index (χ1v) is 7.20. The first kappa shape index (κ1) is 19.0. The van der Waals surface area contributed by atoms with Crippen molar-refractivity contribution in [3.8, 4) is 0 Å². The molecule has 0 aromatic rings. The SMILES string of the molecule is [C]=O.[C]=O.[C]=O.[Fe][CH]1C2=C(CCCC2)C2=C1CCCC2. The Morgan fingerprint density at radius 1 is 0.650 bits per heavy atom. The third kappa shape index (κ3) is 4.00. The molecule has 3 aliphatic carbocycles. The zero-order chi connectivity index (χ0) is 15.5. The average molecular weight is 313 g/mol. The van der Waals surface area contributed by atoms with Crippen LogP contribution >= 0.6 is 0 Å². The molecule has 0 heterocycles. The molecule has 6 radical (unpaired) electrons. The van der Waals surface area contributed by atoms with E-state index in [1.165, 1.54) is 51.4 Å². The molecule has 0 aliphatic heterocycles. The first-order chi connectivity index (χ1) is 9.88. The van der Waals surface area contributed by atoms with Crippen LogP contribution in [0.3, 0.4) is 0 Å². The summed E-state index contributed by atoms with van der Waals surface area (Å²) in [5, 5.41) is 0. The van der Waals surface area contributed by atoms with E-state index >= 15 is 0 Å². The first-order valence-electron chi connectivity index (χ1n) is 6.56. The van der Waals surface area contributed by atoms with Crippen molar-refractivity contribution in [2.24, 2.45) is 0 Å². The van der Waals surface area contributed by atoms with Gasteiger partial charge in [0, 0.05) is 0 Å². The van der Waals surface area contributed by atoms with E-state index < -0.39 is 0 Å². The van der Waals surface area contributed by atoms with E-state index in [0.29, 0.717) is 4.82 Å². The molecule has 107 valence electrons. The summed E-state index contributed by atoms with van der Waals surface area (Å²) in [4.78, 5) is 23.1. The molecule has 0 bridgehead atoms. The van der Waals surface area contributed by atoms with Crippen molar-refractivity contribution in [2.45, 2.75) is 56.2 Å². The fourth-order valence-corrected chi connectivity index (χ4v) is 4.00. The van der Waals surface area contributed by atoms with E-state index in [4.69, 9.17) is 14.4 Å². The zero-order valence-electron chi connectivity index (χ0n) is 11.3. The average Bonchev–Trinajstić information content (AvgIpc) is 2.87. The van der Waals surface area contributed by atoms with E-state index in [1.807, 2.05) is 0 Å². The summed E-state index contributed by atoms with van der Waals surface area (Å²) in [6.45, 7) is 13.5. The van der Waals surface area contributed by atoms with Gasteiger partial charge in [0.05, 0.1) is 0 Å². The van der Waals surface area contributed by atoms with Gasteiger partial charge in [0.1, 0.15) is 0 Å². The van der Waals surface area contributed by atoms with Crippen LogP contribution in [-0.2, 0) is 30.4 Å². The molecule has 0 saturated carbocycles. The normalized spacial score (nSPS) is 20.2. The maximum atomic E-state index is 7.50. The fourth-order valence-electron chi connectivity index (χ4n) is 3.30. The van der Waals surface area contributed by atoms with Crippen molar-refractivity contribution in [1.82, 2.24) is 0 Å². The third-order valence-electron chi connectivity index (χ3n) is 3.98. The van der Waals surface area contributed by atoms with Gasteiger partial charge in [-0.1, -0.05) is 0 Å². The number of hydrogen-bond donors (Lipinski definition) is 0. The minimum atomic E-state index is 0.584. The molecule has 0 fully saturated rings. The van der Waals surface area contributed by atoms with Gasteiger partial charge < -0.3 is 0 Å². The Morgan fingerprint density at radius 3 is 1.30 bits per heavy atom. The molecular formula is C16H17FeO3. The third-order valence-corrected chi connectivity index (χ3v) is 4.75. The summed E-state index contributed by atoms with van der Waals surface area (Å²) in [6.07, 6.45) is 11.1. The molecule has 0 saturated heterocycles.